The van der Waals surface area contributed by atoms with Gasteiger partial charge in [0.05, 0.1) is 24.7 Å². The highest BCUT2D eigenvalue weighted by molar-refractivity contribution is 7.21. The van der Waals surface area contributed by atoms with Crippen LogP contribution in [-0.2, 0) is 4.79 Å². The highest BCUT2D eigenvalue weighted by atomic mass is 35.5. The minimum absolute atomic E-state index is 0.0968. The SMILES string of the molecule is COc1ccc(C(C)N(C)C(=O)CNC(=O)c2sc3ccccc3c2Cl)cc1. The second-order valence-electron chi connectivity index (χ2n) is 6.38. The summed E-state index contributed by atoms with van der Waals surface area (Å²) in [5.41, 5.74) is 0.982. The predicted molar refractivity (Wildman–Crippen MR) is 113 cm³/mol. The number of halogens is 1. The van der Waals surface area contributed by atoms with Gasteiger partial charge < -0.3 is 15.0 Å². The number of ether oxygens (including phenoxy) is 1. The molecule has 0 saturated heterocycles. The van der Waals surface area contributed by atoms with Crippen molar-refractivity contribution in [2.75, 3.05) is 20.7 Å². The topological polar surface area (TPSA) is 58.6 Å². The van der Waals surface area contributed by atoms with E-state index in [0.29, 0.717) is 9.90 Å². The molecule has 1 heterocycles. The summed E-state index contributed by atoms with van der Waals surface area (Å²) in [5, 5.41) is 3.95. The van der Waals surface area contributed by atoms with Gasteiger partial charge in [0.2, 0.25) is 5.91 Å². The van der Waals surface area contributed by atoms with Gasteiger partial charge in [-0.25, -0.2) is 0 Å². The Morgan fingerprint density at radius 2 is 1.86 bits per heavy atom. The largest absolute Gasteiger partial charge is 0.497 e. The number of methoxy groups -OCH3 is 1. The number of benzene rings is 2. The van der Waals surface area contributed by atoms with Crippen molar-refractivity contribution >= 4 is 44.8 Å². The number of carbonyl (C=O) groups is 2. The predicted octanol–water partition coefficient (Wildman–Crippen LogP) is 4.51. The number of hydrogen-bond acceptors (Lipinski definition) is 4. The van der Waals surface area contributed by atoms with Gasteiger partial charge in [0.1, 0.15) is 10.6 Å². The Morgan fingerprint density at radius 3 is 2.50 bits per heavy atom. The van der Waals surface area contributed by atoms with Crippen LogP contribution in [0, 0.1) is 0 Å². The van der Waals surface area contributed by atoms with Gasteiger partial charge in [-0.05, 0) is 30.7 Å². The molecule has 28 heavy (non-hydrogen) atoms. The summed E-state index contributed by atoms with van der Waals surface area (Å²) < 4.78 is 6.10. The molecule has 5 nitrogen and oxygen atoms in total. The molecular formula is C21H21ClN2O3S. The number of nitrogens with one attached hydrogen (secondary N) is 1. The lowest BCUT2D eigenvalue weighted by Gasteiger charge is -2.25. The van der Waals surface area contributed by atoms with E-state index in [2.05, 4.69) is 5.32 Å². The number of hydrogen-bond donors (Lipinski definition) is 1. The van der Waals surface area contributed by atoms with E-state index in [9.17, 15) is 9.59 Å². The second kappa shape index (κ2) is 8.63. The van der Waals surface area contributed by atoms with Crippen molar-refractivity contribution in [3.8, 4) is 5.75 Å². The van der Waals surface area contributed by atoms with Gasteiger partial charge in [0.15, 0.2) is 0 Å². The zero-order valence-electron chi connectivity index (χ0n) is 15.9. The quantitative estimate of drug-likeness (QED) is 0.643. The summed E-state index contributed by atoms with van der Waals surface area (Å²) in [6.07, 6.45) is 0. The maximum absolute atomic E-state index is 12.5. The van der Waals surface area contributed by atoms with E-state index in [4.69, 9.17) is 16.3 Å². The van der Waals surface area contributed by atoms with Gasteiger partial charge >= 0.3 is 0 Å². The highest BCUT2D eigenvalue weighted by Gasteiger charge is 2.21. The third-order valence-electron chi connectivity index (χ3n) is 4.71. The van der Waals surface area contributed by atoms with Crippen LogP contribution in [0.3, 0.4) is 0 Å². The normalized spacial score (nSPS) is 11.9. The molecule has 3 rings (SSSR count). The molecule has 0 aliphatic carbocycles. The van der Waals surface area contributed by atoms with E-state index in [-0.39, 0.29) is 24.4 Å². The van der Waals surface area contributed by atoms with Gasteiger partial charge in [-0.2, -0.15) is 0 Å². The van der Waals surface area contributed by atoms with Crippen LogP contribution in [-0.4, -0.2) is 37.4 Å². The maximum Gasteiger partial charge on any atom is 0.263 e. The number of amides is 2. The van der Waals surface area contributed by atoms with Crippen molar-refractivity contribution in [2.24, 2.45) is 0 Å². The standard InChI is InChI=1S/C21H21ClN2O3S/c1-13(14-8-10-15(27-3)11-9-14)24(2)18(25)12-23-21(26)20-19(22)16-6-4-5-7-17(16)28-20/h4-11,13H,12H2,1-3H3,(H,23,26). The highest BCUT2D eigenvalue weighted by Crippen LogP contribution is 2.35. The second-order valence-corrected chi connectivity index (χ2v) is 7.81. The molecule has 2 amide bonds. The monoisotopic (exact) mass is 416 g/mol. The summed E-state index contributed by atoms with van der Waals surface area (Å²) >= 11 is 7.65. The fraction of sp³-hybridized carbons (Fsp3) is 0.238. The summed E-state index contributed by atoms with van der Waals surface area (Å²) in [4.78, 5) is 27.1. The first-order chi connectivity index (χ1) is 13.4. The van der Waals surface area contributed by atoms with E-state index >= 15 is 0 Å². The first-order valence-electron chi connectivity index (χ1n) is 8.77. The lowest BCUT2D eigenvalue weighted by Crippen LogP contribution is -2.39. The molecule has 0 aliphatic heterocycles. The van der Waals surface area contributed by atoms with E-state index in [0.717, 1.165) is 21.4 Å². The number of rotatable bonds is 6. The van der Waals surface area contributed by atoms with Crippen LogP contribution in [0.4, 0.5) is 0 Å². The van der Waals surface area contributed by atoms with Crippen LogP contribution >= 0.6 is 22.9 Å². The Labute approximate surface area is 172 Å². The van der Waals surface area contributed by atoms with Gasteiger partial charge in [0, 0.05) is 17.1 Å². The Bertz CT molecular complexity index is 1000. The van der Waals surface area contributed by atoms with E-state index in [1.165, 1.54) is 11.3 Å². The first kappa shape index (κ1) is 20.2. The van der Waals surface area contributed by atoms with E-state index in [1.54, 1.807) is 19.1 Å². The maximum atomic E-state index is 12.5. The summed E-state index contributed by atoms with van der Waals surface area (Å²) in [7, 11) is 3.33. The Balaban J connectivity index is 1.63. The molecule has 1 aromatic heterocycles. The lowest BCUT2D eigenvalue weighted by atomic mass is 10.1. The minimum Gasteiger partial charge on any atom is -0.497 e. The van der Waals surface area contributed by atoms with Crippen molar-refractivity contribution in [3.05, 3.63) is 64.0 Å². The summed E-state index contributed by atoms with van der Waals surface area (Å²) in [5.74, 6) is 0.233. The summed E-state index contributed by atoms with van der Waals surface area (Å²) in [6, 6.07) is 15.0. The van der Waals surface area contributed by atoms with Gasteiger partial charge in [-0.3, -0.25) is 9.59 Å². The van der Waals surface area contributed by atoms with Crippen LogP contribution in [0.15, 0.2) is 48.5 Å². The van der Waals surface area contributed by atoms with Gasteiger partial charge in [0.25, 0.3) is 5.91 Å². The fourth-order valence-electron chi connectivity index (χ4n) is 2.84. The number of nitrogens with zero attached hydrogens (tertiary/aromatic N) is 1. The average molecular weight is 417 g/mol. The smallest absolute Gasteiger partial charge is 0.263 e. The molecule has 7 heteroatoms. The molecule has 2 aromatic carbocycles. The van der Waals surface area contributed by atoms with Crippen LogP contribution in [0.5, 0.6) is 5.75 Å². The zero-order valence-corrected chi connectivity index (χ0v) is 17.4. The summed E-state index contributed by atoms with van der Waals surface area (Å²) in [6.45, 7) is 1.84. The third kappa shape index (κ3) is 4.13. The number of carbonyl (C=O) groups excluding carboxylic acids is 2. The van der Waals surface area contributed by atoms with Crippen LogP contribution in [0.25, 0.3) is 10.1 Å². The van der Waals surface area contributed by atoms with E-state index < -0.39 is 0 Å². The zero-order chi connectivity index (χ0) is 20.3. The van der Waals surface area contributed by atoms with Crippen molar-refractivity contribution in [1.29, 1.82) is 0 Å². The Hall–Kier alpha value is -2.57. The molecule has 0 spiro atoms. The van der Waals surface area contributed by atoms with Crippen LogP contribution < -0.4 is 10.1 Å². The van der Waals surface area contributed by atoms with Crippen molar-refractivity contribution in [3.63, 3.8) is 0 Å². The molecule has 0 saturated carbocycles. The first-order valence-corrected chi connectivity index (χ1v) is 9.96. The fourth-order valence-corrected chi connectivity index (χ4v) is 4.28. The number of thiophene rings is 1. The van der Waals surface area contributed by atoms with E-state index in [1.807, 2.05) is 55.5 Å². The molecule has 146 valence electrons. The lowest BCUT2D eigenvalue weighted by molar-refractivity contribution is -0.130. The molecule has 0 fully saturated rings. The average Bonchev–Trinajstić information content (AvgIpc) is 3.07. The molecule has 1 atom stereocenters. The Kier molecular flexibility index (Phi) is 6.21. The Morgan fingerprint density at radius 1 is 1.18 bits per heavy atom. The molecule has 0 aliphatic rings. The molecule has 0 radical (unpaired) electrons. The molecular weight excluding hydrogens is 396 g/mol. The van der Waals surface area contributed by atoms with Crippen molar-refractivity contribution in [2.45, 2.75) is 13.0 Å². The van der Waals surface area contributed by atoms with Crippen LogP contribution in [0.2, 0.25) is 5.02 Å². The van der Waals surface area contributed by atoms with Crippen molar-refractivity contribution in [1.82, 2.24) is 10.2 Å². The van der Waals surface area contributed by atoms with Crippen LogP contribution in [0.1, 0.15) is 28.2 Å². The molecule has 0 bridgehead atoms. The third-order valence-corrected chi connectivity index (χ3v) is 6.39. The van der Waals surface area contributed by atoms with Gasteiger partial charge in [-0.1, -0.05) is 41.9 Å². The number of fused-ring (bicyclic) bond motifs is 1. The molecule has 3 aromatic rings. The molecule has 1 N–H and O–H groups in total. The van der Waals surface area contributed by atoms with Crippen molar-refractivity contribution < 1.29 is 14.3 Å². The number of likely N-dealkylation sites (N-methyl/N-ethyl adjacent to an activating group) is 1. The van der Waals surface area contributed by atoms with Gasteiger partial charge in [-0.15, -0.1) is 11.3 Å². The molecule has 1 unspecified atom stereocenters. The minimum atomic E-state index is -0.343.